The molecule has 0 unspecified atom stereocenters. The first-order valence-electron chi connectivity index (χ1n) is 5.72. The Morgan fingerprint density at radius 1 is 1.41 bits per heavy atom. The van der Waals surface area contributed by atoms with Crippen LogP contribution in [0.25, 0.3) is 10.9 Å². The van der Waals surface area contributed by atoms with Gasteiger partial charge in [-0.05, 0) is 36.6 Å². The van der Waals surface area contributed by atoms with E-state index in [0.717, 1.165) is 35.9 Å². The molecule has 1 aromatic carbocycles. The first kappa shape index (κ1) is 10.3. The first-order valence-corrected chi connectivity index (χ1v) is 5.72. The lowest BCUT2D eigenvalue weighted by Crippen LogP contribution is -2.26. The summed E-state index contributed by atoms with van der Waals surface area (Å²) in [7, 11) is 1.80. The quantitative estimate of drug-likeness (QED) is 0.743. The van der Waals surface area contributed by atoms with Gasteiger partial charge in [0, 0.05) is 24.5 Å². The largest absolute Gasteiger partial charge is 0.350 e. The number of fused-ring (bicyclic) bond motifs is 3. The number of nitrogens with one attached hydrogen (secondary N) is 1. The fourth-order valence-corrected chi connectivity index (χ4v) is 2.45. The van der Waals surface area contributed by atoms with Crippen molar-refractivity contribution in [2.24, 2.45) is 0 Å². The van der Waals surface area contributed by atoms with Crippen LogP contribution >= 0.6 is 0 Å². The minimum absolute atomic E-state index is 0.00546. The van der Waals surface area contributed by atoms with Crippen LogP contribution in [0, 0.1) is 5.82 Å². The second-order valence-corrected chi connectivity index (χ2v) is 4.50. The standard InChI is InChI=1S/C13H13FN2O/c1-16-6-2-3-9-10-7-8(14)4-5-11(10)15-12(9)13(16)17/h4-5,7,15H,2-3,6H2,1H3. The number of benzene rings is 1. The molecule has 1 aliphatic heterocycles. The molecule has 0 saturated heterocycles. The maximum absolute atomic E-state index is 13.3. The maximum atomic E-state index is 13.3. The Morgan fingerprint density at radius 3 is 3.06 bits per heavy atom. The molecule has 0 aliphatic carbocycles. The van der Waals surface area contributed by atoms with Crippen LogP contribution in [-0.2, 0) is 6.42 Å². The zero-order valence-corrected chi connectivity index (χ0v) is 9.59. The topological polar surface area (TPSA) is 36.1 Å². The lowest BCUT2D eigenvalue weighted by Gasteiger charge is -2.12. The Bertz CT molecular complexity index is 603. The monoisotopic (exact) mass is 232 g/mol. The number of aromatic nitrogens is 1. The smallest absolute Gasteiger partial charge is 0.270 e. The summed E-state index contributed by atoms with van der Waals surface area (Å²) >= 11 is 0. The summed E-state index contributed by atoms with van der Waals surface area (Å²) in [5.74, 6) is -0.265. The molecule has 1 aromatic heterocycles. The zero-order valence-electron chi connectivity index (χ0n) is 9.59. The SMILES string of the molecule is CN1CCCc2c([nH]c3ccc(F)cc23)C1=O. The number of carbonyl (C=O) groups is 1. The molecule has 88 valence electrons. The Balaban J connectivity index is 2.27. The Kier molecular flexibility index (Phi) is 2.18. The summed E-state index contributed by atoms with van der Waals surface area (Å²) in [6.45, 7) is 0.748. The molecule has 0 spiro atoms. The van der Waals surface area contributed by atoms with Crippen LogP contribution in [0.3, 0.4) is 0 Å². The van der Waals surface area contributed by atoms with Crippen molar-refractivity contribution in [3.63, 3.8) is 0 Å². The minimum atomic E-state index is -0.260. The van der Waals surface area contributed by atoms with Crippen molar-refractivity contribution in [1.29, 1.82) is 0 Å². The number of halogens is 1. The predicted octanol–water partition coefficient (Wildman–Crippen LogP) is 2.33. The average molecular weight is 232 g/mol. The van der Waals surface area contributed by atoms with E-state index in [9.17, 15) is 9.18 Å². The lowest BCUT2D eigenvalue weighted by atomic mass is 10.1. The molecule has 1 N–H and O–H groups in total. The van der Waals surface area contributed by atoms with E-state index in [-0.39, 0.29) is 11.7 Å². The van der Waals surface area contributed by atoms with Crippen LogP contribution < -0.4 is 0 Å². The van der Waals surface area contributed by atoms with Gasteiger partial charge in [-0.15, -0.1) is 0 Å². The molecule has 3 nitrogen and oxygen atoms in total. The molecule has 0 radical (unpaired) electrons. The second-order valence-electron chi connectivity index (χ2n) is 4.50. The van der Waals surface area contributed by atoms with Gasteiger partial charge < -0.3 is 9.88 Å². The molecular weight excluding hydrogens is 219 g/mol. The van der Waals surface area contributed by atoms with E-state index in [1.165, 1.54) is 12.1 Å². The van der Waals surface area contributed by atoms with Gasteiger partial charge in [0.05, 0.1) is 0 Å². The van der Waals surface area contributed by atoms with Crippen LogP contribution in [0.5, 0.6) is 0 Å². The molecule has 1 amide bonds. The van der Waals surface area contributed by atoms with Crippen molar-refractivity contribution in [2.75, 3.05) is 13.6 Å². The minimum Gasteiger partial charge on any atom is -0.350 e. The number of aryl methyl sites for hydroxylation is 1. The highest BCUT2D eigenvalue weighted by atomic mass is 19.1. The highest BCUT2D eigenvalue weighted by Crippen LogP contribution is 2.27. The fraction of sp³-hybridized carbons (Fsp3) is 0.308. The zero-order chi connectivity index (χ0) is 12.0. The Hall–Kier alpha value is -1.84. The van der Waals surface area contributed by atoms with Gasteiger partial charge in [0.15, 0.2) is 0 Å². The molecule has 0 fully saturated rings. The van der Waals surface area contributed by atoms with Gasteiger partial charge in [-0.2, -0.15) is 0 Å². The number of rotatable bonds is 0. The number of nitrogens with zero attached hydrogens (tertiary/aromatic N) is 1. The van der Waals surface area contributed by atoms with Crippen molar-refractivity contribution >= 4 is 16.8 Å². The molecule has 1 aliphatic rings. The molecule has 2 aromatic rings. The van der Waals surface area contributed by atoms with Crippen molar-refractivity contribution in [3.8, 4) is 0 Å². The molecule has 0 atom stereocenters. The summed E-state index contributed by atoms with van der Waals surface area (Å²) in [6.07, 6.45) is 1.73. The number of H-pyrrole nitrogens is 1. The van der Waals surface area contributed by atoms with E-state index in [2.05, 4.69) is 4.98 Å². The van der Waals surface area contributed by atoms with E-state index in [0.29, 0.717) is 5.69 Å². The number of aromatic amines is 1. The van der Waals surface area contributed by atoms with Crippen LogP contribution in [0.2, 0.25) is 0 Å². The summed E-state index contributed by atoms with van der Waals surface area (Å²) in [6, 6.07) is 4.60. The molecule has 0 saturated carbocycles. The molecule has 3 rings (SSSR count). The fourth-order valence-electron chi connectivity index (χ4n) is 2.45. The van der Waals surface area contributed by atoms with Crippen LogP contribution in [0.4, 0.5) is 4.39 Å². The van der Waals surface area contributed by atoms with Crippen molar-refractivity contribution in [3.05, 3.63) is 35.3 Å². The number of hydrogen-bond acceptors (Lipinski definition) is 1. The summed E-state index contributed by atoms with van der Waals surface area (Å²) in [5, 5.41) is 0.837. The normalized spacial score (nSPS) is 16.1. The maximum Gasteiger partial charge on any atom is 0.270 e. The Morgan fingerprint density at radius 2 is 2.24 bits per heavy atom. The van der Waals surface area contributed by atoms with Gasteiger partial charge in [-0.25, -0.2) is 4.39 Å². The van der Waals surface area contributed by atoms with Crippen LogP contribution in [0.1, 0.15) is 22.5 Å². The van der Waals surface area contributed by atoms with E-state index in [4.69, 9.17) is 0 Å². The van der Waals surface area contributed by atoms with Gasteiger partial charge in [0.1, 0.15) is 11.5 Å². The van der Waals surface area contributed by atoms with Gasteiger partial charge in [-0.1, -0.05) is 0 Å². The first-order chi connectivity index (χ1) is 8.16. The van der Waals surface area contributed by atoms with Crippen LogP contribution in [-0.4, -0.2) is 29.4 Å². The van der Waals surface area contributed by atoms with E-state index in [1.54, 1.807) is 18.0 Å². The van der Waals surface area contributed by atoms with Crippen molar-refractivity contribution in [2.45, 2.75) is 12.8 Å². The third-order valence-corrected chi connectivity index (χ3v) is 3.35. The van der Waals surface area contributed by atoms with Crippen molar-refractivity contribution in [1.82, 2.24) is 9.88 Å². The number of carbonyl (C=O) groups excluding carboxylic acids is 1. The molecule has 0 bridgehead atoms. The molecular formula is C13H13FN2O. The number of amides is 1. The third-order valence-electron chi connectivity index (χ3n) is 3.35. The van der Waals surface area contributed by atoms with E-state index < -0.39 is 0 Å². The van der Waals surface area contributed by atoms with Gasteiger partial charge in [0.2, 0.25) is 0 Å². The molecule has 4 heteroatoms. The summed E-state index contributed by atoms with van der Waals surface area (Å²) in [5.41, 5.74) is 2.40. The number of hydrogen-bond donors (Lipinski definition) is 1. The van der Waals surface area contributed by atoms with Gasteiger partial charge in [-0.3, -0.25) is 4.79 Å². The average Bonchev–Trinajstić information content (AvgIpc) is 2.60. The van der Waals surface area contributed by atoms with Gasteiger partial charge in [0.25, 0.3) is 5.91 Å². The van der Waals surface area contributed by atoms with Crippen LogP contribution in [0.15, 0.2) is 18.2 Å². The summed E-state index contributed by atoms with van der Waals surface area (Å²) < 4.78 is 13.3. The van der Waals surface area contributed by atoms with E-state index >= 15 is 0 Å². The van der Waals surface area contributed by atoms with Gasteiger partial charge >= 0.3 is 0 Å². The Labute approximate surface area is 98.2 Å². The highest BCUT2D eigenvalue weighted by molar-refractivity contribution is 6.01. The summed E-state index contributed by atoms with van der Waals surface area (Å²) in [4.78, 5) is 16.9. The van der Waals surface area contributed by atoms with Crippen molar-refractivity contribution < 1.29 is 9.18 Å². The lowest BCUT2D eigenvalue weighted by molar-refractivity contribution is 0.0795. The second kappa shape index (κ2) is 3.58. The third kappa shape index (κ3) is 1.52. The molecule has 2 heterocycles. The molecule has 17 heavy (non-hydrogen) atoms. The highest BCUT2D eigenvalue weighted by Gasteiger charge is 2.23. The predicted molar refractivity (Wildman–Crippen MR) is 63.5 cm³/mol. The van der Waals surface area contributed by atoms with E-state index in [1.807, 2.05) is 0 Å².